The summed E-state index contributed by atoms with van der Waals surface area (Å²) in [4.78, 5) is 4.46. The van der Waals surface area contributed by atoms with Crippen molar-refractivity contribution >= 4 is 27.2 Å². The van der Waals surface area contributed by atoms with Gasteiger partial charge in [0.15, 0.2) is 17.2 Å². The van der Waals surface area contributed by atoms with Crippen LogP contribution in [0.4, 0.5) is 5.69 Å². The molecule has 2 aromatic carbocycles. The lowest BCUT2D eigenvalue weighted by molar-refractivity contribution is 0.379. The Kier molecular flexibility index (Phi) is 3.43. The number of aromatic nitrogens is 1. The number of aryl methyl sites for hydroxylation is 2. The molecule has 108 valence electrons. The maximum atomic E-state index is 6.08. The van der Waals surface area contributed by atoms with Gasteiger partial charge in [-0.05, 0) is 37.6 Å². The minimum atomic E-state index is 0.591. The van der Waals surface area contributed by atoms with E-state index in [9.17, 15) is 0 Å². The van der Waals surface area contributed by atoms with E-state index >= 15 is 0 Å². The number of ether oxygens (including phenoxy) is 2. The molecule has 0 saturated carbocycles. The van der Waals surface area contributed by atoms with Crippen molar-refractivity contribution in [1.82, 2.24) is 4.98 Å². The van der Waals surface area contributed by atoms with E-state index in [0.717, 1.165) is 20.8 Å². The van der Waals surface area contributed by atoms with Gasteiger partial charge in [0.05, 0.1) is 28.0 Å². The van der Waals surface area contributed by atoms with E-state index in [2.05, 4.69) is 4.98 Å². The highest BCUT2D eigenvalue weighted by molar-refractivity contribution is 7.18. The first-order valence-corrected chi connectivity index (χ1v) is 7.37. The monoisotopic (exact) mass is 300 g/mol. The zero-order valence-corrected chi connectivity index (χ0v) is 13.0. The van der Waals surface area contributed by atoms with Gasteiger partial charge >= 0.3 is 0 Å². The molecule has 3 rings (SSSR count). The van der Waals surface area contributed by atoms with Crippen molar-refractivity contribution < 1.29 is 9.47 Å². The van der Waals surface area contributed by atoms with E-state index in [0.29, 0.717) is 22.9 Å². The molecule has 0 aliphatic carbocycles. The molecule has 1 heterocycles. The molecule has 4 nitrogen and oxygen atoms in total. The highest BCUT2D eigenvalue weighted by Crippen LogP contribution is 2.37. The molecule has 5 heteroatoms. The molecule has 0 atom stereocenters. The van der Waals surface area contributed by atoms with Crippen LogP contribution < -0.4 is 15.2 Å². The van der Waals surface area contributed by atoms with Crippen LogP contribution >= 0.6 is 11.3 Å². The van der Waals surface area contributed by atoms with Crippen LogP contribution in [0.25, 0.3) is 10.2 Å². The van der Waals surface area contributed by atoms with Crippen LogP contribution in [0.1, 0.15) is 10.6 Å². The third-order valence-corrected chi connectivity index (χ3v) is 4.10. The molecule has 0 radical (unpaired) electrons. The Hall–Kier alpha value is -2.27. The molecule has 0 unspecified atom stereocenters. The number of benzene rings is 2. The van der Waals surface area contributed by atoms with Crippen LogP contribution in [0.15, 0.2) is 30.3 Å². The van der Waals surface area contributed by atoms with Crippen molar-refractivity contribution in [3.8, 4) is 17.2 Å². The first-order valence-electron chi connectivity index (χ1n) is 6.56. The molecule has 0 fully saturated rings. The fourth-order valence-electron chi connectivity index (χ4n) is 2.15. The Morgan fingerprint density at radius 2 is 1.86 bits per heavy atom. The summed E-state index contributed by atoms with van der Waals surface area (Å²) < 4.78 is 12.3. The quantitative estimate of drug-likeness (QED) is 0.733. The number of hydrogen-bond acceptors (Lipinski definition) is 5. The zero-order valence-electron chi connectivity index (χ0n) is 12.1. The number of nitrogen functional groups attached to an aromatic ring is 1. The number of nitrogens with zero attached hydrogens (tertiary/aromatic N) is 1. The maximum Gasteiger partial charge on any atom is 0.169 e. The highest BCUT2D eigenvalue weighted by atomic mass is 32.1. The van der Waals surface area contributed by atoms with E-state index in [4.69, 9.17) is 15.2 Å². The summed E-state index contributed by atoms with van der Waals surface area (Å²) in [5.74, 6) is 1.92. The number of anilines is 1. The lowest BCUT2D eigenvalue weighted by atomic mass is 10.2. The Labute approximate surface area is 127 Å². The molecule has 0 aliphatic heterocycles. The van der Waals surface area contributed by atoms with Gasteiger partial charge in [-0.25, -0.2) is 4.98 Å². The van der Waals surface area contributed by atoms with Crippen LogP contribution in [-0.4, -0.2) is 12.1 Å². The molecule has 0 bridgehead atoms. The second-order valence-electron chi connectivity index (χ2n) is 4.85. The minimum absolute atomic E-state index is 0.591. The molecule has 2 N–H and O–H groups in total. The van der Waals surface area contributed by atoms with E-state index in [1.165, 1.54) is 0 Å². The maximum absolute atomic E-state index is 6.08. The summed E-state index contributed by atoms with van der Waals surface area (Å²) in [5.41, 5.74) is 8.67. The largest absolute Gasteiger partial charge is 0.493 e. The van der Waals surface area contributed by atoms with Gasteiger partial charge < -0.3 is 15.2 Å². The van der Waals surface area contributed by atoms with Gasteiger partial charge in [-0.1, -0.05) is 6.07 Å². The number of hydrogen-bond donors (Lipinski definition) is 1. The van der Waals surface area contributed by atoms with Crippen molar-refractivity contribution in [3.05, 3.63) is 40.9 Å². The Morgan fingerprint density at radius 1 is 1.05 bits per heavy atom. The van der Waals surface area contributed by atoms with Crippen LogP contribution in [0.2, 0.25) is 0 Å². The van der Waals surface area contributed by atoms with E-state index in [1.54, 1.807) is 18.4 Å². The molecule has 21 heavy (non-hydrogen) atoms. The second kappa shape index (κ2) is 5.26. The van der Waals surface area contributed by atoms with Crippen molar-refractivity contribution in [3.63, 3.8) is 0 Å². The predicted octanol–water partition coefficient (Wildman–Crippen LogP) is 4.30. The predicted molar refractivity (Wildman–Crippen MR) is 86.6 cm³/mol. The summed E-state index contributed by atoms with van der Waals surface area (Å²) in [6.07, 6.45) is 0. The van der Waals surface area contributed by atoms with Crippen molar-refractivity contribution in [2.24, 2.45) is 0 Å². The molecular weight excluding hydrogens is 284 g/mol. The summed E-state index contributed by atoms with van der Waals surface area (Å²) in [6.45, 7) is 3.98. The van der Waals surface area contributed by atoms with Gasteiger partial charge in [0.25, 0.3) is 0 Å². The fraction of sp³-hybridized carbons (Fsp3) is 0.188. The number of methoxy groups -OCH3 is 1. The molecule has 0 aliphatic rings. The zero-order chi connectivity index (χ0) is 15.0. The average molecular weight is 300 g/mol. The molecule has 0 saturated heterocycles. The van der Waals surface area contributed by atoms with E-state index < -0.39 is 0 Å². The van der Waals surface area contributed by atoms with Crippen LogP contribution in [-0.2, 0) is 0 Å². The van der Waals surface area contributed by atoms with Gasteiger partial charge in [0.1, 0.15) is 0 Å². The van der Waals surface area contributed by atoms with E-state index in [1.807, 2.05) is 44.2 Å². The number of nitrogens with two attached hydrogens (primary N) is 1. The summed E-state index contributed by atoms with van der Waals surface area (Å²) in [6, 6.07) is 9.55. The van der Waals surface area contributed by atoms with Crippen molar-refractivity contribution in [2.45, 2.75) is 13.8 Å². The number of fused-ring (bicyclic) bond motifs is 1. The summed E-state index contributed by atoms with van der Waals surface area (Å²) in [5, 5.41) is 1.01. The molecule has 1 aromatic heterocycles. The standard InChI is InChI=1S/C16H16N2O2S/c1-9-4-5-13(15(6-9)19-3)20-14-8-12-16(7-11(14)17)21-10(2)18-12/h4-8H,17H2,1-3H3. The topological polar surface area (TPSA) is 57.4 Å². The molecule has 0 spiro atoms. The van der Waals surface area contributed by atoms with Crippen LogP contribution in [0, 0.1) is 13.8 Å². The van der Waals surface area contributed by atoms with Crippen molar-refractivity contribution in [1.29, 1.82) is 0 Å². The van der Waals surface area contributed by atoms with Gasteiger partial charge in [0.2, 0.25) is 0 Å². The minimum Gasteiger partial charge on any atom is -0.493 e. The number of thiazole rings is 1. The summed E-state index contributed by atoms with van der Waals surface area (Å²) in [7, 11) is 1.62. The van der Waals surface area contributed by atoms with Crippen LogP contribution in [0.5, 0.6) is 17.2 Å². The van der Waals surface area contributed by atoms with Crippen LogP contribution in [0.3, 0.4) is 0 Å². The van der Waals surface area contributed by atoms with Gasteiger partial charge in [0, 0.05) is 6.07 Å². The molecule has 3 aromatic rings. The third kappa shape index (κ3) is 2.64. The lowest BCUT2D eigenvalue weighted by Gasteiger charge is -2.12. The smallest absolute Gasteiger partial charge is 0.169 e. The Balaban J connectivity index is 2.03. The summed E-state index contributed by atoms with van der Waals surface area (Å²) >= 11 is 1.62. The first-order chi connectivity index (χ1) is 10.1. The first kappa shape index (κ1) is 13.7. The fourth-order valence-corrected chi connectivity index (χ4v) is 3.01. The Morgan fingerprint density at radius 3 is 2.62 bits per heavy atom. The van der Waals surface area contributed by atoms with Gasteiger partial charge in [-0.2, -0.15) is 0 Å². The lowest BCUT2D eigenvalue weighted by Crippen LogP contribution is -1.94. The average Bonchev–Trinajstić information content (AvgIpc) is 2.80. The highest BCUT2D eigenvalue weighted by Gasteiger charge is 2.11. The molecular formula is C16H16N2O2S. The second-order valence-corrected chi connectivity index (χ2v) is 6.08. The normalized spacial score (nSPS) is 10.8. The number of rotatable bonds is 3. The van der Waals surface area contributed by atoms with Gasteiger partial charge in [-0.15, -0.1) is 11.3 Å². The SMILES string of the molecule is COc1cc(C)ccc1Oc1cc2nc(C)sc2cc1N. The third-order valence-electron chi connectivity index (χ3n) is 3.17. The van der Waals surface area contributed by atoms with E-state index in [-0.39, 0.29) is 0 Å². The van der Waals surface area contributed by atoms with Crippen molar-refractivity contribution in [2.75, 3.05) is 12.8 Å². The Bertz CT molecular complexity index is 811. The molecule has 0 amide bonds. The van der Waals surface area contributed by atoms with Gasteiger partial charge in [-0.3, -0.25) is 0 Å².